The lowest BCUT2D eigenvalue weighted by Crippen LogP contribution is -2.11. The summed E-state index contributed by atoms with van der Waals surface area (Å²) in [5, 5.41) is 6.75. The second kappa shape index (κ2) is 9.76. The van der Waals surface area contributed by atoms with Crippen LogP contribution >= 0.6 is 0 Å². The summed E-state index contributed by atoms with van der Waals surface area (Å²) in [6.45, 7) is 8.97. The molecule has 0 aliphatic carbocycles. The lowest BCUT2D eigenvalue weighted by atomic mass is 10.1. The van der Waals surface area contributed by atoms with E-state index in [1.807, 2.05) is 52.0 Å². The van der Waals surface area contributed by atoms with E-state index in [1.165, 1.54) is 17.0 Å². The van der Waals surface area contributed by atoms with Crippen LogP contribution in [-0.4, -0.2) is 12.3 Å². The number of rotatable bonds is 2. The van der Waals surface area contributed by atoms with Crippen molar-refractivity contribution < 1.29 is 0 Å². The minimum Gasteiger partial charge on any atom is -0.265 e. The Hall–Kier alpha value is -2.09. The molecule has 0 N–H and O–H groups in total. The monoisotopic (exact) mass is 282 g/mol. The van der Waals surface area contributed by atoms with Gasteiger partial charge >= 0.3 is 0 Å². The molecule has 0 fully saturated rings. The number of hydrogen-bond acceptors (Lipinski definition) is 2. The first-order chi connectivity index (χ1) is 10.4. The minimum atomic E-state index is 0.967. The molecule has 112 valence electrons. The Balaban J connectivity index is 0.000000510. The Morgan fingerprint density at radius 2 is 1.29 bits per heavy atom. The molecule has 1 aliphatic heterocycles. The van der Waals surface area contributed by atoms with Gasteiger partial charge in [0, 0.05) is 13.0 Å². The van der Waals surface area contributed by atoms with E-state index in [9.17, 15) is 0 Å². The van der Waals surface area contributed by atoms with Crippen LogP contribution in [0.2, 0.25) is 0 Å². The zero-order valence-electron chi connectivity index (χ0n) is 13.6. The summed E-state index contributed by atoms with van der Waals surface area (Å²) >= 11 is 0. The molecule has 2 aromatic rings. The number of anilines is 1. The molecule has 0 radical (unpaired) electrons. The summed E-state index contributed by atoms with van der Waals surface area (Å²) in [4.78, 5) is 0. The zero-order valence-corrected chi connectivity index (χ0v) is 13.6. The van der Waals surface area contributed by atoms with Gasteiger partial charge in [-0.05, 0) is 17.7 Å². The number of hydrazone groups is 1. The van der Waals surface area contributed by atoms with Crippen molar-refractivity contribution in [2.45, 2.75) is 34.1 Å². The molecule has 0 aromatic heterocycles. The van der Waals surface area contributed by atoms with E-state index in [4.69, 9.17) is 0 Å². The first kappa shape index (κ1) is 17.0. The van der Waals surface area contributed by atoms with Crippen LogP contribution < -0.4 is 5.01 Å². The topological polar surface area (TPSA) is 15.6 Å². The number of benzene rings is 2. The summed E-state index contributed by atoms with van der Waals surface area (Å²) in [6, 6.07) is 20.7. The van der Waals surface area contributed by atoms with Crippen molar-refractivity contribution in [3.05, 3.63) is 66.2 Å². The lowest BCUT2D eigenvalue weighted by Gasteiger charge is -2.12. The van der Waals surface area contributed by atoms with Gasteiger partial charge in [0.25, 0.3) is 0 Å². The van der Waals surface area contributed by atoms with E-state index in [0.717, 1.165) is 13.0 Å². The van der Waals surface area contributed by atoms with Crippen molar-refractivity contribution in [3.8, 4) is 0 Å². The Kier molecular flexibility index (Phi) is 7.88. The highest BCUT2D eigenvalue weighted by atomic mass is 15.5. The van der Waals surface area contributed by atoms with Crippen molar-refractivity contribution in [1.82, 2.24) is 0 Å². The summed E-state index contributed by atoms with van der Waals surface area (Å²) < 4.78 is 0. The molecular weight excluding hydrogens is 256 g/mol. The standard InChI is InChI=1S/C15H14N2.2C2H6/c1-3-7-13(8-4-1)15-11-12-17(16-15)14-9-5-2-6-10-14;2*1-2/h1-10H,11-12H2;2*1-2H3. The molecule has 3 rings (SSSR count). The van der Waals surface area contributed by atoms with Gasteiger partial charge in [-0.1, -0.05) is 76.2 Å². The van der Waals surface area contributed by atoms with Crippen molar-refractivity contribution in [3.63, 3.8) is 0 Å². The van der Waals surface area contributed by atoms with Crippen LogP contribution in [0, 0.1) is 0 Å². The first-order valence-electron chi connectivity index (χ1n) is 7.89. The molecule has 2 aromatic carbocycles. The van der Waals surface area contributed by atoms with Crippen LogP contribution in [-0.2, 0) is 0 Å². The highest BCUT2D eigenvalue weighted by Gasteiger charge is 2.16. The molecule has 0 atom stereocenters. The fraction of sp³-hybridized carbons (Fsp3) is 0.316. The molecular formula is C19H26N2. The number of nitrogens with zero attached hydrogens (tertiary/aromatic N) is 2. The fourth-order valence-electron chi connectivity index (χ4n) is 2.08. The molecule has 2 nitrogen and oxygen atoms in total. The van der Waals surface area contributed by atoms with Gasteiger partial charge < -0.3 is 0 Å². The average Bonchev–Trinajstić information content (AvgIpc) is 3.10. The maximum atomic E-state index is 4.68. The molecule has 0 saturated carbocycles. The highest BCUT2D eigenvalue weighted by molar-refractivity contribution is 6.02. The minimum absolute atomic E-state index is 0.967. The Bertz CT molecular complexity index is 518. The third kappa shape index (κ3) is 4.75. The largest absolute Gasteiger partial charge is 0.265 e. The van der Waals surface area contributed by atoms with E-state index in [0.29, 0.717) is 0 Å². The van der Waals surface area contributed by atoms with E-state index < -0.39 is 0 Å². The molecule has 0 saturated heterocycles. The SMILES string of the molecule is CC.CC.c1ccc(C2=NN(c3ccccc3)CC2)cc1. The molecule has 2 heteroatoms. The predicted molar refractivity (Wildman–Crippen MR) is 94.1 cm³/mol. The van der Waals surface area contributed by atoms with Crippen molar-refractivity contribution in [2.75, 3.05) is 11.6 Å². The van der Waals surface area contributed by atoms with Crippen molar-refractivity contribution >= 4 is 11.4 Å². The molecule has 21 heavy (non-hydrogen) atoms. The van der Waals surface area contributed by atoms with Gasteiger partial charge in [-0.2, -0.15) is 5.10 Å². The van der Waals surface area contributed by atoms with E-state index in [1.54, 1.807) is 0 Å². The third-order valence-corrected chi connectivity index (χ3v) is 2.96. The summed E-state index contributed by atoms with van der Waals surface area (Å²) in [6.07, 6.45) is 1.01. The second-order valence-electron chi connectivity index (χ2n) is 4.12. The molecule has 1 aliphatic rings. The first-order valence-corrected chi connectivity index (χ1v) is 7.89. The quantitative estimate of drug-likeness (QED) is 0.724. The van der Waals surface area contributed by atoms with E-state index >= 15 is 0 Å². The third-order valence-electron chi connectivity index (χ3n) is 2.96. The van der Waals surface area contributed by atoms with E-state index in [2.05, 4.69) is 46.5 Å². The fourth-order valence-corrected chi connectivity index (χ4v) is 2.08. The van der Waals surface area contributed by atoms with Crippen LogP contribution in [0.15, 0.2) is 65.8 Å². The van der Waals surface area contributed by atoms with Gasteiger partial charge in [0.1, 0.15) is 0 Å². The van der Waals surface area contributed by atoms with Gasteiger partial charge in [0.15, 0.2) is 0 Å². The Morgan fingerprint density at radius 1 is 0.762 bits per heavy atom. The summed E-state index contributed by atoms with van der Waals surface area (Å²) in [5.74, 6) is 0. The van der Waals surface area contributed by atoms with Crippen LogP contribution in [0.25, 0.3) is 0 Å². The van der Waals surface area contributed by atoms with Crippen LogP contribution in [0.1, 0.15) is 39.7 Å². The molecule has 0 bridgehead atoms. The lowest BCUT2D eigenvalue weighted by molar-refractivity contribution is 0.922. The Morgan fingerprint density at radius 3 is 1.86 bits per heavy atom. The maximum absolute atomic E-state index is 4.68. The van der Waals surface area contributed by atoms with Gasteiger partial charge in [-0.3, -0.25) is 5.01 Å². The summed E-state index contributed by atoms with van der Waals surface area (Å²) in [7, 11) is 0. The van der Waals surface area contributed by atoms with Crippen LogP contribution in [0.3, 0.4) is 0 Å². The van der Waals surface area contributed by atoms with Gasteiger partial charge in [-0.15, -0.1) is 0 Å². The van der Waals surface area contributed by atoms with Gasteiger partial charge in [0.05, 0.1) is 11.4 Å². The Labute approximate surface area is 129 Å². The van der Waals surface area contributed by atoms with Crippen molar-refractivity contribution in [1.29, 1.82) is 0 Å². The van der Waals surface area contributed by atoms with Crippen LogP contribution in [0.5, 0.6) is 0 Å². The van der Waals surface area contributed by atoms with Gasteiger partial charge in [-0.25, -0.2) is 0 Å². The zero-order chi connectivity index (χ0) is 15.5. The van der Waals surface area contributed by atoms with Gasteiger partial charge in [0.2, 0.25) is 0 Å². The van der Waals surface area contributed by atoms with Crippen LogP contribution in [0.4, 0.5) is 5.69 Å². The average molecular weight is 282 g/mol. The molecule has 0 amide bonds. The molecule has 1 heterocycles. The number of para-hydroxylation sites is 1. The second-order valence-corrected chi connectivity index (χ2v) is 4.12. The molecule has 0 spiro atoms. The number of hydrogen-bond donors (Lipinski definition) is 0. The molecule has 0 unspecified atom stereocenters. The maximum Gasteiger partial charge on any atom is 0.0700 e. The smallest absolute Gasteiger partial charge is 0.0700 e. The highest BCUT2D eigenvalue weighted by Crippen LogP contribution is 2.20. The van der Waals surface area contributed by atoms with Crippen molar-refractivity contribution in [2.24, 2.45) is 5.10 Å². The normalized spacial score (nSPS) is 12.6. The summed E-state index contributed by atoms with van der Waals surface area (Å²) in [5.41, 5.74) is 3.57. The van der Waals surface area contributed by atoms with E-state index in [-0.39, 0.29) is 0 Å². The predicted octanol–water partition coefficient (Wildman–Crippen LogP) is 5.35.